The molecule has 1 aliphatic rings. The van der Waals surface area contributed by atoms with Gasteiger partial charge in [-0.25, -0.2) is 4.98 Å². The molecule has 0 aromatic carbocycles. The zero-order valence-electron chi connectivity index (χ0n) is 14.5. The van der Waals surface area contributed by atoms with Gasteiger partial charge < -0.3 is 15.3 Å². The van der Waals surface area contributed by atoms with Crippen LogP contribution in [0.15, 0.2) is 5.38 Å². The van der Waals surface area contributed by atoms with E-state index in [0.717, 1.165) is 49.6 Å². The first-order valence-corrected chi connectivity index (χ1v) is 9.34. The van der Waals surface area contributed by atoms with Gasteiger partial charge >= 0.3 is 0 Å². The van der Waals surface area contributed by atoms with E-state index < -0.39 is 0 Å². The number of thiazole rings is 1. The molecular formula is C17H29N3O2S. The van der Waals surface area contributed by atoms with Gasteiger partial charge in [0.05, 0.1) is 23.2 Å². The highest BCUT2D eigenvalue weighted by molar-refractivity contribution is 7.09. The fraction of sp³-hybridized carbons (Fsp3) is 0.765. The van der Waals surface area contributed by atoms with Crippen LogP contribution in [-0.4, -0.2) is 53.2 Å². The molecule has 0 atom stereocenters. The maximum absolute atomic E-state index is 12.0. The average Bonchev–Trinajstić information content (AvgIpc) is 2.94. The molecule has 130 valence electrons. The molecule has 6 heteroatoms. The second-order valence-electron chi connectivity index (χ2n) is 7.35. The lowest BCUT2D eigenvalue weighted by atomic mass is 9.98. The van der Waals surface area contributed by atoms with E-state index >= 15 is 0 Å². The number of carbonyl (C=O) groups excluding carboxylic acids is 1. The summed E-state index contributed by atoms with van der Waals surface area (Å²) in [5.74, 6) is 0.0461. The number of piperidine rings is 1. The number of carbonyl (C=O) groups is 1. The number of aliphatic hydroxyl groups excluding tert-OH is 1. The summed E-state index contributed by atoms with van der Waals surface area (Å²) < 4.78 is 0. The van der Waals surface area contributed by atoms with E-state index in [9.17, 15) is 9.90 Å². The van der Waals surface area contributed by atoms with Gasteiger partial charge in [0.15, 0.2) is 0 Å². The lowest BCUT2D eigenvalue weighted by Crippen LogP contribution is -2.37. The molecule has 0 unspecified atom stereocenters. The fourth-order valence-corrected chi connectivity index (χ4v) is 3.54. The van der Waals surface area contributed by atoms with Gasteiger partial charge in [-0.1, -0.05) is 20.8 Å². The molecule has 0 saturated carbocycles. The maximum atomic E-state index is 12.0. The first-order valence-electron chi connectivity index (χ1n) is 8.46. The van der Waals surface area contributed by atoms with E-state index in [1.54, 1.807) is 11.3 Å². The lowest BCUT2D eigenvalue weighted by molar-refractivity contribution is -0.120. The summed E-state index contributed by atoms with van der Waals surface area (Å²) in [5.41, 5.74) is 0.906. The molecule has 1 aromatic rings. The van der Waals surface area contributed by atoms with E-state index in [0.29, 0.717) is 13.0 Å². The highest BCUT2D eigenvalue weighted by Gasteiger charge is 2.19. The Balaban J connectivity index is 1.62. The monoisotopic (exact) mass is 339 g/mol. The predicted octanol–water partition coefficient (Wildman–Crippen LogP) is 1.95. The molecule has 1 amide bonds. The highest BCUT2D eigenvalue weighted by Crippen LogP contribution is 2.25. The summed E-state index contributed by atoms with van der Waals surface area (Å²) in [4.78, 5) is 18.9. The molecule has 5 nitrogen and oxygen atoms in total. The largest absolute Gasteiger partial charge is 0.393 e. The van der Waals surface area contributed by atoms with Gasteiger partial charge in [0.2, 0.25) is 5.91 Å². The first kappa shape index (κ1) is 18.4. The van der Waals surface area contributed by atoms with E-state index in [1.165, 1.54) is 0 Å². The zero-order valence-corrected chi connectivity index (χ0v) is 15.3. The number of hydrogen-bond acceptors (Lipinski definition) is 5. The van der Waals surface area contributed by atoms with Gasteiger partial charge in [0.1, 0.15) is 0 Å². The van der Waals surface area contributed by atoms with Crippen LogP contribution in [0.5, 0.6) is 0 Å². The molecule has 0 spiro atoms. The quantitative estimate of drug-likeness (QED) is 0.778. The summed E-state index contributed by atoms with van der Waals surface area (Å²) in [5, 5.41) is 15.5. The van der Waals surface area contributed by atoms with Gasteiger partial charge in [0, 0.05) is 30.4 Å². The van der Waals surface area contributed by atoms with E-state index in [2.05, 4.69) is 36.0 Å². The van der Waals surface area contributed by atoms with Crippen molar-refractivity contribution in [2.45, 2.75) is 58.0 Å². The van der Waals surface area contributed by atoms with Crippen molar-refractivity contribution in [1.29, 1.82) is 0 Å². The molecule has 1 aliphatic heterocycles. The molecule has 23 heavy (non-hydrogen) atoms. The third kappa shape index (κ3) is 6.20. The van der Waals surface area contributed by atoms with Crippen molar-refractivity contribution in [2.75, 3.05) is 26.2 Å². The molecule has 2 rings (SSSR count). The zero-order chi connectivity index (χ0) is 16.9. The molecule has 1 saturated heterocycles. The Kier molecular flexibility index (Phi) is 6.56. The number of aliphatic hydroxyl groups is 1. The molecule has 0 bridgehead atoms. The van der Waals surface area contributed by atoms with Gasteiger partial charge in [-0.2, -0.15) is 0 Å². The Labute approximate surface area is 143 Å². The maximum Gasteiger partial charge on any atom is 0.226 e. The third-order valence-corrected chi connectivity index (χ3v) is 5.38. The standard InChI is InChI=1S/C17H29N3O2S/c1-17(2,3)16-19-13(12-23-16)11-15(22)18-7-4-8-20-9-5-14(21)6-10-20/h12,14,21H,4-11H2,1-3H3,(H,18,22). The molecular weight excluding hydrogens is 310 g/mol. The molecule has 1 fully saturated rings. The Hall–Kier alpha value is -0.980. The van der Waals surface area contributed by atoms with Crippen LogP contribution in [0, 0.1) is 0 Å². The van der Waals surface area contributed by atoms with Crippen molar-refractivity contribution in [1.82, 2.24) is 15.2 Å². The van der Waals surface area contributed by atoms with Crippen molar-refractivity contribution >= 4 is 17.2 Å². The minimum absolute atomic E-state index is 0.0431. The Morgan fingerprint density at radius 3 is 2.74 bits per heavy atom. The topological polar surface area (TPSA) is 65.5 Å². The predicted molar refractivity (Wildman–Crippen MR) is 93.8 cm³/mol. The lowest BCUT2D eigenvalue weighted by Gasteiger charge is -2.29. The Morgan fingerprint density at radius 1 is 1.43 bits per heavy atom. The fourth-order valence-electron chi connectivity index (χ4n) is 2.63. The molecule has 2 heterocycles. The van der Waals surface area contributed by atoms with E-state index in [4.69, 9.17) is 0 Å². The SMILES string of the molecule is CC(C)(C)c1nc(CC(=O)NCCCN2CCC(O)CC2)cs1. The first-order chi connectivity index (χ1) is 10.8. The van der Waals surface area contributed by atoms with Crippen LogP contribution in [0.1, 0.15) is 50.7 Å². The smallest absolute Gasteiger partial charge is 0.226 e. The van der Waals surface area contributed by atoms with Crippen LogP contribution in [0.3, 0.4) is 0 Å². The molecule has 2 N–H and O–H groups in total. The number of hydrogen-bond donors (Lipinski definition) is 2. The minimum Gasteiger partial charge on any atom is -0.393 e. The minimum atomic E-state index is -0.123. The van der Waals surface area contributed by atoms with Crippen molar-refractivity contribution in [3.8, 4) is 0 Å². The van der Waals surface area contributed by atoms with Crippen LogP contribution >= 0.6 is 11.3 Å². The number of nitrogens with zero attached hydrogens (tertiary/aromatic N) is 2. The van der Waals surface area contributed by atoms with Gasteiger partial charge in [-0.15, -0.1) is 11.3 Å². The van der Waals surface area contributed by atoms with Gasteiger partial charge in [-0.05, 0) is 25.8 Å². The van der Waals surface area contributed by atoms with Crippen molar-refractivity contribution in [3.05, 3.63) is 16.1 Å². The Bertz CT molecular complexity index is 502. The molecule has 0 radical (unpaired) electrons. The van der Waals surface area contributed by atoms with Crippen molar-refractivity contribution in [2.24, 2.45) is 0 Å². The summed E-state index contributed by atoms with van der Waals surface area (Å²) in [6.45, 7) is 10.0. The van der Waals surface area contributed by atoms with Crippen LogP contribution < -0.4 is 5.32 Å². The Morgan fingerprint density at radius 2 is 2.13 bits per heavy atom. The summed E-state index contributed by atoms with van der Waals surface area (Å²) >= 11 is 1.63. The second-order valence-corrected chi connectivity index (χ2v) is 8.21. The normalized spacial score (nSPS) is 17.4. The number of aromatic nitrogens is 1. The summed E-state index contributed by atoms with van der Waals surface area (Å²) in [7, 11) is 0. The summed E-state index contributed by atoms with van der Waals surface area (Å²) in [6.07, 6.45) is 2.93. The van der Waals surface area contributed by atoms with Crippen LogP contribution in [0.4, 0.5) is 0 Å². The van der Waals surface area contributed by atoms with E-state index in [-0.39, 0.29) is 17.4 Å². The van der Waals surface area contributed by atoms with Gasteiger partial charge in [-0.3, -0.25) is 4.79 Å². The average molecular weight is 340 g/mol. The van der Waals surface area contributed by atoms with Crippen molar-refractivity contribution in [3.63, 3.8) is 0 Å². The van der Waals surface area contributed by atoms with Crippen LogP contribution in [0.25, 0.3) is 0 Å². The number of likely N-dealkylation sites (tertiary alicyclic amines) is 1. The van der Waals surface area contributed by atoms with Crippen LogP contribution in [-0.2, 0) is 16.6 Å². The molecule has 0 aliphatic carbocycles. The number of amides is 1. The van der Waals surface area contributed by atoms with Gasteiger partial charge in [0.25, 0.3) is 0 Å². The highest BCUT2D eigenvalue weighted by atomic mass is 32.1. The second kappa shape index (κ2) is 8.22. The van der Waals surface area contributed by atoms with Crippen molar-refractivity contribution < 1.29 is 9.90 Å². The van der Waals surface area contributed by atoms with E-state index in [1.807, 2.05) is 5.38 Å². The molecule has 1 aromatic heterocycles. The van der Waals surface area contributed by atoms with Crippen LogP contribution in [0.2, 0.25) is 0 Å². The summed E-state index contributed by atoms with van der Waals surface area (Å²) in [6, 6.07) is 0. The third-order valence-electron chi connectivity index (χ3n) is 4.07. The number of rotatable bonds is 6. The number of nitrogens with one attached hydrogen (secondary N) is 1.